The second-order valence-electron chi connectivity index (χ2n) is 6.37. The Labute approximate surface area is 160 Å². The predicted octanol–water partition coefficient (Wildman–Crippen LogP) is 1.90. The van der Waals surface area contributed by atoms with Crippen molar-refractivity contribution in [3.8, 4) is 11.5 Å². The summed E-state index contributed by atoms with van der Waals surface area (Å²) in [6.07, 6.45) is 4.66. The first-order chi connectivity index (χ1) is 13.7. The number of fused-ring (bicyclic) bond motifs is 1. The molecule has 28 heavy (non-hydrogen) atoms. The van der Waals surface area contributed by atoms with Gasteiger partial charge in [0.15, 0.2) is 5.76 Å². The molecule has 8 heteroatoms. The molecule has 0 aliphatic carbocycles. The Kier molecular flexibility index (Phi) is 5.01. The van der Waals surface area contributed by atoms with Crippen molar-refractivity contribution in [1.82, 2.24) is 24.7 Å². The number of furan rings is 1. The average Bonchev–Trinajstić information content (AvgIpc) is 3.38. The number of hydrogen-bond acceptors (Lipinski definition) is 5. The van der Waals surface area contributed by atoms with E-state index >= 15 is 0 Å². The maximum Gasteiger partial charge on any atom is 0.293 e. The summed E-state index contributed by atoms with van der Waals surface area (Å²) in [7, 11) is 0. The van der Waals surface area contributed by atoms with E-state index in [1.165, 1.54) is 22.7 Å². The van der Waals surface area contributed by atoms with Gasteiger partial charge in [0.1, 0.15) is 24.1 Å². The average molecular weight is 377 g/mol. The number of nitrogens with zero attached hydrogens (tertiary/aromatic N) is 4. The van der Waals surface area contributed by atoms with Crippen LogP contribution in [0.5, 0.6) is 0 Å². The van der Waals surface area contributed by atoms with E-state index in [-0.39, 0.29) is 18.0 Å². The van der Waals surface area contributed by atoms with E-state index in [2.05, 4.69) is 27.6 Å². The summed E-state index contributed by atoms with van der Waals surface area (Å²) in [4.78, 5) is 24.7. The van der Waals surface area contributed by atoms with Gasteiger partial charge in [-0.25, -0.2) is 9.20 Å². The van der Waals surface area contributed by atoms with E-state index in [1.807, 2.05) is 18.2 Å². The molecule has 0 saturated heterocycles. The molecular formula is C20H19N5O3. The van der Waals surface area contributed by atoms with Crippen molar-refractivity contribution in [1.29, 1.82) is 0 Å². The molecule has 0 atom stereocenters. The van der Waals surface area contributed by atoms with Crippen molar-refractivity contribution < 1.29 is 9.21 Å². The second kappa shape index (κ2) is 7.91. The minimum absolute atomic E-state index is 0.137. The molecule has 8 nitrogen and oxygen atoms in total. The number of hydrogen-bond donors (Lipinski definition) is 1. The quantitative estimate of drug-likeness (QED) is 0.497. The van der Waals surface area contributed by atoms with Crippen LogP contribution in [0.1, 0.15) is 12.0 Å². The molecule has 3 aromatic heterocycles. The summed E-state index contributed by atoms with van der Waals surface area (Å²) in [6, 6.07) is 15.2. The highest BCUT2D eigenvalue weighted by Gasteiger charge is 2.13. The van der Waals surface area contributed by atoms with Crippen molar-refractivity contribution >= 4 is 11.4 Å². The van der Waals surface area contributed by atoms with Gasteiger partial charge in [-0.1, -0.05) is 30.3 Å². The van der Waals surface area contributed by atoms with E-state index in [9.17, 15) is 9.59 Å². The Bertz CT molecular complexity index is 1130. The molecule has 0 unspecified atom stereocenters. The Morgan fingerprint density at radius 3 is 2.79 bits per heavy atom. The SMILES string of the molecule is O=C(Cn1ncn2nc(-c3ccco3)cc2c1=O)NCCCc1ccccc1. The number of aromatic nitrogens is 4. The monoisotopic (exact) mass is 377 g/mol. The molecule has 3 heterocycles. The number of carbonyl (C=O) groups is 1. The van der Waals surface area contributed by atoms with Gasteiger partial charge in [-0.15, -0.1) is 0 Å². The normalized spacial score (nSPS) is 11.0. The van der Waals surface area contributed by atoms with Crippen LogP contribution in [0.4, 0.5) is 0 Å². The van der Waals surface area contributed by atoms with Crippen molar-refractivity contribution in [3.63, 3.8) is 0 Å². The van der Waals surface area contributed by atoms with Crippen LogP contribution in [0.25, 0.3) is 17.0 Å². The van der Waals surface area contributed by atoms with Crippen LogP contribution in [-0.4, -0.2) is 31.8 Å². The van der Waals surface area contributed by atoms with E-state index < -0.39 is 0 Å². The first kappa shape index (κ1) is 17.7. The minimum Gasteiger partial charge on any atom is -0.463 e. The standard InChI is InChI=1S/C20H19N5O3/c26-19(21-10-4-8-15-6-2-1-3-7-15)13-24-20(27)17-12-16(18-9-5-11-28-18)23-25(17)14-22-24/h1-3,5-7,9,11-12,14H,4,8,10,13H2,(H,21,26). The van der Waals surface area contributed by atoms with E-state index in [4.69, 9.17) is 4.42 Å². The zero-order valence-corrected chi connectivity index (χ0v) is 15.1. The van der Waals surface area contributed by atoms with Gasteiger partial charge in [0, 0.05) is 12.6 Å². The maximum absolute atomic E-state index is 12.6. The van der Waals surface area contributed by atoms with Crippen molar-refractivity contribution in [2.75, 3.05) is 6.54 Å². The lowest BCUT2D eigenvalue weighted by Crippen LogP contribution is -2.34. The highest BCUT2D eigenvalue weighted by molar-refractivity contribution is 5.75. The van der Waals surface area contributed by atoms with Gasteiger partial charge in [-0.3, -0.25) is 9.59 Å². The Balaban J connectivity index is 1.38. The molecular weight excluding hydrogens is 358 g/mol. The first-order valence-corrected chi connectivity index (χ1v) is 9.01. The minimum atomic E-state index is -0.382. The molecule has 1 aromatic carbocycles. The van der Waals surface area contributed by atoms with Gasteiger partial charge in [0.2, 0.25) is 5.91 Å². The van der Waals surface area contributed by atoms with Gasteiger partial charge in [0.05, 0.1) is 6.26 Å². The Morgan fingerprint density at radius 1 is 1.14 bits per heavy atom. The molecule has 0 bridgehead atoms. The molecule has 0 fully saturated rings. The Morgan fingerprint density at radius 2 is 2.00 bits per heavy atom. The zero-order chi connectivity index (χ0) is 19.3. The molecule has 0 saturated carbocycles. The van der Waals surface area contributed by atoms with Crippen LogP contribution in [0.15, 0.2) is 70.3 Å². The smallest absolute Gasteiger partial charge is 0.293 e. The number of nitrogens with one attached hydrogen (secondary N) is 1. The van der Waals surface area contributed by atoms with Crippen molar-refractivity contribution in [2.45, 2.75) is 19.4 Å². The molecule has 1 N–H and O–H groups in total. The molecule has 4 rings (SSSR count). The topological polar surface area (TPSA) is 94.4 Å². The van der Waals surface area contributed by atoms with Crippen molar-refractivity contribution in [3.05, 3.63) is 77.0 Å². The third-order valence-corrected chi connectivity index (χ3v) is 4.36. The van der Waals surface area contributed by atoms with Crippen LogP contribution >= 0.6 is 0 Å². The molecule has 1 amide bonds. The number of amides is 1. The van der Waals surface area contributed by atoms with Gasteiger partial charge in [0.25, 0.3) is 5.56 Å². The van der Waals surface area contributed by atoms with E-state index in [1.54, 1.807) is 18.2 Å². The lowest BCUT2D eigenvalue weighted by atomic mass is 10.1. The summed E-state index contributed by atoms with van der Waals surface area (Å²) in [5, 5.41) is 11.1. The van der Waals surface area contributed by atoms with Crippen molar-refractivity contribution in [2.24, 2.45) is 0 Å². The summed E-state index contributed by atoms with van der Waals surface area (Å²) in [5.74, 6) is 0.309. The van der Waals surface area contributed by atoms with Gasteiger partial charge >= 0.3 is 0 Å². The molecule has 0 spiro atoms. The summed E-state index contributed by atoms with van der Waals surface area (Å²) in [6.45, 7) is 0.405. The van der Waals surface area contributed by atoms with Gasteiger partial charge in [-0.2, -0.15) is 10.2 Å². The fourth-order valence-electron chi connectivity index (χ4n) is 2.95. The zero-order valence-electron chi connectivity index (χ0n) is 15.1. The Hall–Kier alpha value is -3.68. The number of rotatable bonds is 7. The van der Waals surface area contributed by atoms with Crippen LogP contribution in [0, 0.1) is 0 Å². The lowest BCUT2D eigenvalue weighted by molar-refractivity contribution is -0.121. The number of carbonyl (C=O) groups excluding carboxylic acids is 1. The summed E-state index contributed by atoms with van der Waals surface area (Å²) >= 11 is 0. The molecule has 0 radical (unpaired) electrons. The fraction of sp³-hybridized carbons (Fsp3) is 0.200. The van der Waals surface area contributed by atoms with Crippen LogP contribution in [0.2, 0.25) is 0 Å². The molecule has 4 aromatic rings. The second-order valence-corrected chi connectivity index (χ2v) is 6.37. The number of benzene rings is 1. The third-order valence-electron chi connectivity index (χ3n) is 4.36. The largest absolute Gasteiger partial charge is 0.463 e. The summed E-state index contributed by atoms with van der Waals surface area (Å²) < 4.78 is 7.82. The maximum atomic E-state index is 12.6. The fourth-order valence-corrected chi connectivity index (χ4v) is 2.95. The van der Waals surface area contributed by atoms with E-state index in [0.717, 1.165) is 17.5 Å². The molecule has 0 aliphatic heterocycles. The van der Waals surface area contributed by atoms with Crippen LogP contribution in [0.3, 0.4) is 0 Å². The molecule has 0 aliphatic rings. The van der Waals surface area contributed by atoms with E-state index in [0.29, 0.717) is 23.5 Å². The third kappa shape index (κ3) is 3.85. The highest BCUT2D eigenvalue weighted by Crippen LogP contribution is 2.18. The van der Waals surface area contributed by atoms with Gasteiger partial charge < -0.3 is 9.73 Å². The van der Waals surface area contributed by atoms with Crippen LogP contribution in [-0.2, 0) is 17.8 Å². The van der Waals surface area contributed by atoms with Gasteiger partial charge in [-0.05, 0) is 30.5 Å². The van der Waals surface area contributed by atoms with Crippen LogP contribution < -0.4 is 10.9 Å². The highest BCUT2D eigenvalue weighted by atomic mass is 16.3. The predicted molar refractivity (Wildman–Crippen MR) is 103 cm³/mol. The number of aryl methyl sites for hydroxylation is 1. The summed E-state index contributed by atoms with van der Waals surface area (Å²) in [5.41, 5.74) is 1.71. The first-order valence-electron chi connectivity index (χ1n) is 9.01. The lowest BCUT2D eigenvalue weighted by Gasteiger charge is -2.07. The molecule has 142 valence electrons.